The van der Waals surface area contributed by atoms with Crippen molar-refractivity contribution in [3.05, 3.63) is 59.1 Å². The lowest BCUT2D eigenvalue weighted by Crippen LogP contribution is -2.37. The second kappa shape index (κ2) is 8.88. The molecule has 0 atom stereocenters. The molecule has 0 aliphatic heterocycles. The fourth-order valence-electron chi connectivity index (χ4n) is 2.26. The summed E-state index contributed by atoms with van der Waals surface area (Å²) in [5.41, 5.74) is 1.57. The highest BCUT2D eigenvalue weighted by atomic mass is 35.5. The average Bonchev–Trinajstić information content (AvgIpc) is 2.60. The number of benzene rings is 2. The van der Waals surface area contributed by atoms with Gasteiger partial charge in [-0.1, -0.05) is 29.8 Å². The highest BCUT2D eigenvalue weighted by Crippen LogP contribution is 2.21. The number of sulfonamides is 1. The largest absolute Gasteiger partial charge is 0.454 e. The van der Waals surface area contributed by atoms with Crippen LogP contribution in [0.25, 0.3) is 0 Å². The number of hydrogen-bond donors (Lipinski definition) is 1. The number of halogens is 1. The Bertz CT molecular complexity index is 929. The van der Waals surface area contributed by atoms with E-state index in [0.717, 1.165) is 10.6 Å². The van der Waals surface area contributed by atoms with Crippen molar-refractivity contribution in [3.63, 3.8) is 0 Å². The lowest BCUT2D eigenvalue weighted by molar-refractivity contribution is -0.145. The second-order valence-electron chi connectivity index (χ2n) is 5.77. The lowest BCUT2D eigenvalue weighted by atomic mass is 10.2. The van der Waals surface area contributed by atoms with E-state index >= 15 is 0 Å². The molecule has 0 fully saturated rings. The summed E-state index contributed by atoms with van der Waals surface area (Å²) in [5.74, 6) is -1.39. The van der Waals surface area contributed by atoms with E-state index in [0.29, 0.717) is 22.0 Å². The number of aryl methyl sites for hydroxylation is 1. The molecule has 144 valence electrons. The molecule has 1 N–H and O–H groups in total. The van der Waals surface area contributed by atoms with Crippen LogP contribution in [0.15, 0.2) is 48.5 Å². The zero-order chi connectivity index (χ0) is 20.0. The van der Waals surface area contributed by atoms with Gasteiger partial charge in [0.1, 0.15) is 6.54 Å². The van der Waals surface area contributed by atoms with Crippen LogP contribution in [0.3, 0.4) is 0 Å². The monoisotopic (exact) mass is 410 g/mol. The van der Waals surface area contributed by atoms with Gasteiger partial charge < -0.3 is 10.1 Å². The summed E-state index contributed by atoms with van der Waals surface area (Å²) in [6, 6.07) is 13.2. The fourth-order valence-corrected chi connectivity index (χ4v) is 3.29. The van der Waals surface area contributed by atoms with Crippen molar-refractivity contribution < 1.29 is 22.7 Å². The molecule has 0 saturated heterocycles. The Morgan fingerprint density at radius 2 is 1.74 bits per heavy atom. The van der Waals surface area contributed by atoms with Gasteiger partial charge in [-0.25, -0.2) is 8.42 Å². The zero-order valence-corrected chi connectivity index (χ0v) is 16.4. The van der Waals surface area contributed by atoms with Crippen molar-refractivity contribution in [2.24, 2.45) is 0 Å². The number of rotatable bonds is 7. The summed E-state index contributed by atoms with van der Waals surface area (Å²) in [6.07, 6.45) is 1.000. The highest BCUT2D eigenvalue weighted by molar-refractivity contribution is 7.92. The van der Waals surface area contributed by atoms with E-state index in [1.54, 1.807) is 55.5 Å². The van der Waals surface area contributed by atoms with E-state index in [2.05, 4.69) is 5.32 Å². The van der Waals surface area contributed by atoms with Crippen LogP contribution in [0.4, 0.5) is 11.4 Å². The molecule has 0 radical (unpaired) electrons. The van der Waals surface area contributed by atoms with Crippen LogP contribution in [-0.4, -0.2) is 39.7 Å². The van der Waals surface area contributed by atoms with E-state index in [-0.39, 0.29) is 0 Å². The first kappa shape index (κ1) is 20.7. The Morgan fingerprint density at radius 1 is 1.11 bits per heavy atom. The Balaban J connectivity index is 1.97. The van der Waals surface area contributed by atoms with Crippen LogP contribution in [-0.2, 0) is 24.3 Å². The molecule has 0 aromatic heterocycles. The number of nitrogens with zero attached hydrogens (tertiary/aromatic N) is 1. The van der Waals surface area contributed by atoms with Gasteiger partial charge in [0.05, 0.1) is 11.9 Å². The predicted octanol–water partition coefficient (Wildman–Crippen LogP) is 2.60. The summed E-state index contributed by atoms with van der Waals surface area (Å²) in [6.45, 7) is 0.670. The van der Waals surface area contributed by atoms with E-state index in [1.807, 2.05) is 0 Å². The summed E-state index contributed by atoms with van der Waals surface area (Å²) in [5, 5.41) is 3.07. The third-order valence-corrected chi connectivity index (χ3v) is 4.93. The van der Waals surface area contributed by atoms with Gasteiger partial charge in [-0.15, -0.1) is 0 Å². The molecule has 0 unspecified atom stereocenters. The quantitative estimate of drug-likeness (QED) is 0.708. The maximum absolute atomic E-state index is 12.1. The van der Waals surface area contributed by atoms with Gasteiger partial charge in [0.2, 0.25) is 10.0 Å². The third kappa shape index (κ3) is 6.26. The van der Waals surface area contributed by atoms with Gasteiger partial charge in [-0.2, -0.15) is 0 Å². The van der Waals surface area contributed by atoms with E-state index in [9.17, 15) is 18.0 Å². The molecule has 0 saturated carbocycles. The Labute approximate surface area is 162 Å². The zero-order valence-electron chi connectivity index (χ0n) is 14.8. The maximum Gasteiger partial charge on any atom is 0.327 e. The van der Waals surface area contributed by atoms with Crippen molar-refractivity contribution in [1.29, 1.82) is 0 Å². The average molecular weight is 411 g/mol. The summed E-state index contributed by atoms with van der Waals surface area (Å²) < 4.78 is 30.0. The number of amides is 1. The summed E-state index contributed by atoms with van der Waals surface area (Å²) in [4.78, 5) is 23.9. The molecule has 9 heteroatoms. The maximum atomic E-state index is 12.1. The number of ether oxygens (including phenoxy) is 1. The van der Waals surface area contributed by atoms with Gasteiger partial charge >= 0.3 is 5.97 Å². The molecular formula is C18H19ClN2O5S. The van der Waals surface area contributed by atoms with Crippen LogP contribution < -0.4 is 9.62 Å². The molecule has 0 aliphatic carbocycles. The molecule has 0 bridgehead atoms. The minimum absolute atomic E-state index is 0.377. The highest BCUT2D eigenvalue weighted by Gasteiger charge is 2.23. The van der Waals surface area contributed by atoms with Gasteiger partial charge in [0.15, 0.2) is 6.61 Å². The van der Waals surface area contributed by atoms with Crippen molar-refractivity contribution in [2.75, 3.05) is 29.0 Å². The molecule has 27 heavy (non-hydrogen) atoms. The number of carbonyl (C=O) groups is 2. The Morgan fingerprint density at radius 3 is 2.33 bits per heavy atom. The molecule has 0 aliphatic rings. The lowest BCUT2D eigenvalue weighted by Gasteiger charge is -2.23. The van der Waals surface area contributed by atoms with Crippen LogP contribution in [0.2, 0.25) is 5.02 Å². The van der Waals surface area contributed by atoms with Crippen LogP contribution in [0.5, 0.6) is 0 Å². The number of anilines is 2. The first-order valence-corrected chi connectivity index (χ1v) is 10.1. The minimum atomic E-state index is -3.71. The third-order valence-electron chi connectivity index (χ3n) is 3.55. The normalized spacial score (nSPS) is 10.9. The smallest absolute Gasteiger partial charge is 0.327 e. The standard InChI is InChI=1S/C18H19ClN2O5S/c1-13-5-3-4-6-16(13)21(27(2,24)25)11-18(23)26-12-17(22)20-15-9-7-14(19)8-10-15/h3-10H,11-12H2,1-2H3,(H,20,22). The summed E-state index contributed by atoms with van der Waals surface area (Å²) >= 11 is 5.76. The van der Waals surface area contributed by atoms with E-state index < -0.39 is 35.1 Å². The van der Waals surface area contributed by atoms with Crippen molar-refractivity contribution >= 4 is 44.9 Å². The Hall–Kier alpha value is -2.58. The molecular weight excluding hydrogens is 392 g/mol. The number of para-hydroxylation sites is 1. The SMILES string of the molecule is Cc1ccccc1N(CC(=O)OCC(=O)Nc1ccc(Cl)cc1)S(C)(=O)=O. The predicted molar refractivity (Wildman–Crippen MR) is 104 cm³/mol. The number of hydrogen-bond acceptors (Lipinski definition) is 5. The van der Waals surface area contributed by atoms with Gasteiger partial charge in [0.25, 0.3) is 5.91 Å². The van der Waals surface area contributed by atoms with Crippen LogP contribution >= 0.6 is 11.6 Å². The van der Waals surface area contributed by atoms with Crippen LogP contribution in [0.1, 0.15) is 5.56 Å². The number of carbonyl (C=O) groups excluding carboxylic acids is 2. The number of nitrogens with one attached hydrogen (secondary N) is 1. The minimum Gasteiger partial charge on any atom is -0.454 e. The van der Waals surface area contributed by atoms with Crippen molar-refractivity contribution in [1.82, 2.24) is 0 Å². The topological polar surface area (TPSA) is 92.8 Å². The molecule has 0 spiro atoms. The summed E-state index contributed by atoms with van der Waals surface area (Å²) in [7, 11) is -3.71. The molecule has 2 aromatic rings. The van der Waals surface area contributed by atoms with Gasteiger partial charge in [-0.05, 0) is 42.8 Å². The van der Waals surface area contributed by atoms with E-state index in [1.165, 1.54) is 0 Å². The van der Waals surface area contributed by atoms with Gasteiger partial charge in [-0.3, -0.25) is 13.9 Å². The van der Waals surface area contributed by atoms with Crippen molar-refractivity contribution in [3.8, 4) is 0 Å². The first-order valence-electron chi connectivity index (χ1n) is 7.91. The molecule has 2 aromatic carbocycles. The first-order chi connectivity index (χ1) is 12.7. The fraction of sp³-hybridized carbons (Fsp3) is 0.222. The van der Waals surface area contributed by atoms with Gasteiger partial charge in [0, 0.05) is 10.7 Å². The van der Waals surface area contributed by atoms with E-state index in [4.69, 9.17) is 16.3 Å². The van der Waals surface area contributed by atoms with Crippen LogP contribution in [0, 0.1) is 6.92 Å². The molecule has 7 nitrogen and oxygen atoms in total. The molecule has 2 rings (SSSR count). The molecule has 1 amide bonds. The van der Waals surface area contributed by atoms with Crippen molar-refractivity contribution in [2.45, 2.75) is 6.92 Å². The number of esters is 1. The second-order valence-corrected chi connectivity index (χ2v) is 8.12. The Kier molecular flexibility index (Phi) is 6.81. The molecule has 0 heterocycles.